The van der Waals surface area contributed by atoms with Crippen molar-refractivity contribution in [2.75, 3.05) is 18.2 Å². The van der Waals surface area contributed by atoms with Crippen molar-refractivity contribution < 1.29 is 4.74 Å². The first kappa shape index (κ1) is 18.7. The first-order chi connectivity index (χ1) is 14.7. The highest BCUT2D eigenvalue weighted by molar-refractivity contribution is 7.14. The summed E-state index contributed by atoms with van der Waals surface area (Å²) < 4.78 is 5.29. The summed E-state index contributed by atoms with van der Waals surface area (Å²) >= 11 is 1.61. The number of anilines is 3. The Morgan fingerprint density at radius 2 is 2.00 bits per heavy atom. The van der Waals surface area contributed by atoms with Gasteiger partial charge in [-0.15, -0.1) is 10.2 Å². The van der Waals surface area contributed by atoms with Crippen molar-refractivity contribution in [3.8, 4) is 16.5 Å². The van der Waals surface area contributed by atoms with Gasteiger partial charge in [0.2, 0.25) is 5.88 Å². The zero-order chi connectivity index (χ0) is 20.5. The molecule has 4 aromatic heterocycles. The number of pyridine rings is 3. The van der Waals surface area contributed by atoms with Crippen molar-refractivity contribution in [3.05, 3.63) is 41.7 Å². The van der Waals surface area contributed by atoms with Crippen LogP contribution in [0.2, 0.25) is 0 Å². The summed E-state index contributed by atoms with van der Waals surface area (Å²) in [5.74, 6) is 1.46. The van der Waals surface area contributed by atoms with Crippen LogP contribution in [0.5, 0.6) is 5.88 Å². The van der Waals surface area contributed by atoms with Gasteiger partial charge in [0.05, 0.1) is 35.6 Å². The van der Waals surface area contributed by atoms with Gasteiger partial charge in [-0.2, -0.15) is 0 Å². The second-order valence-corrected chi connectivity index (χ2v) is 8.30. The Balaban J connectivity index is 1.45. The van der Waals surface area contributed by atoms with Gasteiger partial charge in [0, 0.05) is 12.1 Å². The lowest BCUT2D eigenvalue weighted by Crippen LogP contribution is -1.99. The molecule has 5 rings (SSSR count). The highest BCUT2D eigenvalue weighted by Crippen LogP contribution is 2.39. The molecular formula is C21H21N7OS. The number of hydrogen-bond donors (Lipinski definition) is 2. The smallest absolute Gasteiger partial charge is 0.237 e. The predicted molar refractivity (Wildman–Crippen MR) is 118 cm³/mol. The Kier molecular flexibility index (Phi) is 4.88. The molecule has 4 aromatic rings. The van der Waals surface area contributed by atoms with Gasteiger partial charge >= 0.3 is 0 Å². The maximum atomic E-state index is 6.28. The molecule has 0 radical (unpaired) electrons. The third kappa shape index (κ3) is 3.52. The lowest BCUT2D eigenvalue weighted by atomic mass is 10.1. The summed E-state index contributed by atoms with van der Waals surface area (Å²) in [6.07, 6.45) is 8.35. The number of nitrogens with two attached hydrogens (primary N) is 1. The number of aromatic nitrogens is 5. The Morgan fingerprint density at radius 3 is 2.83 bits per heavy atom. The van der Waals surface area contributed by atoms with E-state index in [4.69, 9.17) is 10.5 Å². The van der Waals surface area contributed by atoms with Gasteiger partial charge in [0.25, 0.3) is 0 Å². The van der Waals surface area contributed by atoms with E-state index in [0.29, 0.717) is 23.1 Å². The average Bonchev–Trinajstić information content (AvgIpc) is 3.45. The number of nitrogens with zero attached hydrogens (tertiary/aromatic N) is 5. The summed E-state index contributed by atoms with van der Waals surface area (Å²) in [6, 6.07) is 7.56. The monoisotopic (exact) mass is 419 g/mol. The van der Waals surface area contributed by atoms with Crippen LogP contribution in [0.25, 0.3) is 21.6 Å². The average molecular weight is 420 g/mol. The SMILES string of the molecule is COc1ncccc1Nc1cnc2cc(-c3nnc(C4CCCC4)s3)c(N)nc2c1. The van der Waals surface area contributed by atoms with E-state index in [0.717, 1.165) is 32.5 Å². The van der Waals surface area contributed by atoms with Crippen molar-refractivity contribution in [1.29, 1.82) is 0 Å². The normalized spacial score (nSPS) is 14.3. The molecule has 0 saturated heterocycles. The van der Waals surface area contributed by atoms with E-state index in [1.165, 1.54) is 25.7 Å². The molecule has 1 aliphatic carbocycles. The van der Waals surface area contributed by atoms with Crippen LogP contribution < -0.4 is 15.8 Å². The number of rotatable bonds is 5. The molecule has 3 N–H and O–H groups in total. The minimum atomic E-state index is 0.425. The summed E-state index contributed by atoms with van der Waals surface area (Å²) in [4.78, 5) is 13.3. The molecule has 1 aliphatic rings. The Hall–Kier alpha value is -3.33. The quantitative estimate of drug-likeness (QED) is 0.485. The molecule has 0 atom stereocenters. The first-order valence-corrected chi connectivity index (χ1v) is 10.7. The topological polar surface area (TPSA) is 112 Å². The van der Waals surface area contributed by atoms with E-state index in [9.17, 15) is 0 Å². The molecule has 30 heavy (non-hydrogen) atoms. The van der Waals surface area contributed by atoms with E-state index in [-0.39, 0.29) is 0 Å². The Morgan fingerprint density at radius 1 is 1.13 bits per heavy atom. The zero-order valence-corrected chi connectivity index (χ0v) is 17.3. The van der Waals surface area contributed by atoms with Gasteiger partial charge in [-0.05, 0) is 37.1 Å². The van der Waals surface area contributed by atoms with Crippen molar-refractivity contribution in [1.82, 2.24) is 25.1 Å². The van der Waals surface area contributed by atoms with Crippen molar-refractivity contribution in [3.63, 3.8) is 0 Å². The van der Waals surface area contributed by atoms with Crippen LogP contribution in [0.4, 0.5) is 17.2 Å². The molecule has 4 heterocycles. The van der Waals surface area contributed by atoms with Crippen LogP contribution in [0, 0.1) is 0 Å². The third-order valence-electron chi connectivity index (χ3n) is 5.31. The Labute approximate surface area is 177 Å². The summed E-state index contributed by atoms with van der Waals surface area (Å²) in [7, 11) is 1.58. The van der Waals surface area contributed by atoms with Crippen LogP contribution in [0.15, 0.2) is 36.7 Å². The number of nitrogens with one attached hydrogen (secondary N) is 1. The van der Waals surface area contributed by atoms with E-state index < -0.39 is 0 Å². The zero-order valence-electron chi connectivity index (χ0n) is 16.5. The first-order valence-electron chi connectivity index (χ1n) is 9.87. The van der Waals surface area contributed by atoms with Crippen LogP contribution in [-0.4, -0.2) is 32.3 Å². The standard InChI is InChI=1S/C21H21N7OS/c1-29-19-15(7-4-8-23-19)25-13-9-17-16(24-11-13)10-14(18(22)26-17)21-28-27-20(30-21)12-5-2-3-6-12/h4,7-12,25H,2-3,5-6H2,1H3,(H2,22,26). The third-order valence-corrected chi connectivity index (χ3v) is 6.43. The molecule has 1 fully saturated rings. The number of fused-ring (bicyclic) bond motifs is 1. The molecular weight excluding hydrogens is 398 g/mol. The molecule has 0 spiro atoms. The number of methoxy groups -OCH3 is 1. The van der Waals surface area contributed by atoms with Crippen LogP contribution in [0.3, 0.4) is 0 Å². The van der Waals surface area contributed by atoms with Crippen LogP contribution in [0.1, 0.15) is 36.6 Å². The molecule has 152 valence electrons. The highest BCUT2D eigenvalue weighted by Gasteiger charge is 2.22. The van der Waals surface area contributed by atoms with Crippen molar-refractivity contribution in [2.24, 2.45) is 0 Å². The van der Waals surface area contributed by atoms with Crippen LogP contribution >= 0.6 is 11.3 Å². The minimum Gasteiger partial charge on any atom is -0.480 e. The lowest BCUT2D eigenvalue weighted by Gasteiger charge is -2.10. The van der Waals surface area contributed by atoms with Gasteiger partial charge in [0.1, 0.15) is 16.5 Å². The minimum absolute atomic E-state index is 0.425. The Bertz CT molecular complexity index is 1200. The molecule has 9 heteroatoms. The second kappa shape index (κ2) is 7.83. The summed E-state index contributed by atoms with van der Waals surface area (Å²) in [5, 5.41) is 13.9. The predicted octanol–water partition coefficient (Wildman–Crippen LogP) is 4.54. The fourth-order valence-electron chi connectivity index (χ4n) is 3.79. The fraction of sp³-hybridized carbons (Fsp3) is 0.286. The van der Waals surface area contributed by atoms with E-state index in [2.05, 4.69) is 30.5 Å². The summed E-state index contributed by atoms with van der Waals surface area (Å²) in [6.45, 7) is 0. The number of hydrogen-bond acceptors (Lipinski definition) is 9. The van der Waals surface area contributed by atoms with Crippen molar-refractivity contribution >= 4 is 39.6 Å². The highest BCUT2D eigenvalue weighted by atomic mass is 32.1. The van der Waals surface area contributed by atoms with Crippen LogP contribution in [-0.2, 0) is 0 Å². The molecule has 0 aliphatic heterocycles. The molecule has 0 amide bonds. The van der Waals surface area contributed by atoms with E-state index >= 15 is 0 Å². The number of nitrogen functional groups attached to an aromatic ring is 1. The molecule has 0 aromatic carbocycles. The van der Waals surface area contributed by atoms with E-state index in [1.807, 2.05) is 24.3 Å². The fourth-order valence-corrected chi connectivity index (χ4v) is 4.83. The van der Waals surface area contributed by atoms with Gasteiger partial charge in [-0.25, -0.2) is 9.97 Å². The largest absolute Gasteiger partial charge is 0.480 e. The van der Waals surface area contributed by atoms with Gasteiger partial charge < -0.3 is 15.8 Å². The molecule has 0 bridgehead atoms. The van der Waals surface area contributed by atoms with E-state index in [1.54, 1.807) is 30.8 Å². The molecule has 0 unspecified atom stereocenters. The van der Waals surface area contributed by atoms with Gasteiger partial charge in [-0.1, -0.05) is 24.2 Å². The molecule has 1 saturated carbocycles. The lowest BCUT2D eigenvalue weighted by molar-refractivity contribution is 0.400. The summed E-state index contributed by atoms with van der Waals surface area (Å²) in [5.41, 5.74) is 10.0. The maximum absolute atomic E-state index is 6.28. The second-order valence-electron chi connectivity index (χ2n) is 7.30. The van der Waals surface area contributed by atoms with Crippen molar-refractivity contribution in [2.45, 2.75) is 31.6 Å². The molecule has 8 nitrogen and oxygen atoms in total. The number of ether oxygens (including phenoxy) is 1. The van der Waals surface area contributed by atoms with Gasteiger partial charge in [0.15, 0.2) is 5.01 Å². The van der Waals surface area contributed by atoms with Gasteiger partial charge in [-0.3, -0.25) is 4.98 Å². The maximum Gasteiger partial charge on any atom is 0.237 e.